The fourth-order valence-corrected chi connectivity index (χ4v) is 2.63. The topological polar surface area (TPSA) is 32.7 Å². The van der Waals surface area contributed by atoms with Crippen LogP contribution < -0.4 is 4.74 Å². The molecule has 3 nitrogen and oxygen atoms in total. The van der Waals surface area contributed by atoms with E-state index in [1.165, 1.54) is 11.1 Å². The highest BCUT2D eigenvalue weighted by atomic mass is 16.5. The highest BCUT2D eigenvalue weighted by Crippen LogP contribution is 2.22. The first-order chi connectivity index (χ1) is 9.16. The highest BCUT2D eigenvalue weighted by molar-refractivity contribution is 5.39. The lowest BCUT2D eigenvalue weighted by molar-refractivity contribution is 0.0800. The van der Waals surface area contributed by atoms with Crippen LogP contribution in [0, 0.1) is 13.8 Å². The lowest BCUT2D eigenvalue weighted by Crippen LogP contribution is -2.36. The Labute approximate surface area is 116 Å². The second-order valence-corrected chi connectivity index (χ2v) is 5.50. The Morgan fingerprint density at radius 3 is 2.47 bits per heavy atom. The van der Waals surface area contributed by atoms with Crippen LogP contribution in [0.15, 0.2) is 18.2 Å². The largest absolute Gasteiger partial charge is 0.493 e. The summed E-state index contributed by atoms with van der Waals surface area (Å²) in [6.45, 7) is 8.06. The van der Waals surface area contributed by atoms with Crippen LogP contribution in [0.5, 0.6) is 5.75 Å². The molecule has 1 fully saturated rings. The lowest BCUT2D eigenvalue weighted by Gasteiger charge is -2.29. The average molecular weight is 263 g/mol. The Morgan fingerprint density at radius 2 is 1.84 bits per heavy atom. The molecule has 3 heteroatoms. The van der Waals surface area contributed by atoms with E-state index in [1.54, 1.807) is 0 Å². The third-order valence-electron chi connectivity index (χ3n) is 3.83. The van der Waals surface area contributed by atoms with Gasteiger partial charge in [-0.2, -0.15) is 0 Å². The van der Waals surface area contributed by atoms with Crippen LogP contribution in [-0.4, -0.2) is 42.4 Å². The fourth-order valence-electron chi connectivity index (χ4n) is 2.63. The molecule has 0 unspecified atom stereocenters. The smallest absolute Gasteiger partial charge is 0.125 e. The van der Waals surface area contributed by atoms with Crippen molar-refractivity contribution in [1.29, 1.82) is 0 Å². The average Bonchev–Trinajstić information content (AvgIpc) is 2.39. The summed E-state index contributed by atoms with van der Waals surface area (Å²) in [4.78, 5) is 2.42. The van der Waals surface area contributed by atoms with E-state index in [0.717, 1.165) is 51.3 Å². The number of para-hydroxylation sites is 1. The van der Waals surface area contributed by atoms with Crippen molar-refractivity contribution in [1.82, 2.24) is 4.90 Å². The van der Waals surface area contributed by atoms with Crippen molar-refractivity contribution in [2.45, 2.75) is 39.2 Å². The maximum atomic E-state index is 9.46. The molecule has 0 amide bonds. The third kappa shape index (κ3) is 4.22. The van der Waals surface area contributed by atoms with E-state index in [1.807, 2.05) is 0 Å². The van der Waals surface area contributed by atoms with Gasteiger partial charge in [-0.15, -0.1) is 0 Å². The van der Waals surface area contributed by atoms with Crippen LogP contribution in [0.25, 0.3) is 0 Å². The number of aliphatic hydroxyl groups is 1. The van der Waals surface area contributed by atoms with Gasteiger partial charge >= 0.3 is 0 Å². The summed E-state index contributed by atoms with van der Waals surface area (Å²) in [6, 6.07) is 6.25. The molecule has 0 bridgehead atoms. The molecule has 0 atom stereocenters. The molecule has 1 saturated heterocycles. The normalized spacial score (nSPS) is 17.6. The Balaban J connectivity index is 1.69. The monoisotopic (exact) mass is 263 g/mol. The van der Waals surface area contributed by atoms with Gasteiger partial charge in [-0.1, -0.05) is 18.2 Å². The van der Waals surface area contributed by atoms with Crippen LogP contribution in [0.2, 0.25) is 0 Å². The highest BCUT2D eigenvalue weighted by Gasteiger charge is 2.16. The molecule has 1 aromatic rings. The predicted molar refractivity (Wildman–Crippen MR) is 77.7 cm³/mol. The number of nitrogens with zero attached hydrogens (tertiary/aromatic N) is 1. The van der Waals surface area contributed by atoms with Crippen molar-refractivity contribution in [3.05, 3.63) is 29.3 Å². The molecule has 2 rings (SSSR count). The molecule has 0 aliphatic carbocycles. The molecule has 1 heterocycles. The number of hydrogen-bond donors (Lipinski definition) is 1. The van der Waals surface area contributed by atoms with Gasteiger partial charge in [0.1, 0.15) is 5.75 Å². The Hall–Kier alpha value is -1.06. The molecular formula is C16H25NO2. The van der Waals surface area contributed by atoms with Gasteiger partial charge in [0.2, 0.25) is 0 Å². The molecular weight excluding hydrogens is 238 g/mol. The number of benzene rings is 1. The van der Waals surface area contributed by atoms with E-state index in [4.69, 9.17) is 4.74 Å². The summed E-state index contributed by atoms with van der Waals surface area (Å²) in [7, 11) is 0. The third-order valence-corrected chi connectivity index (χ3v) is 3.83. The molecule has 1 aliphatic heterocycles. The van der Waals surface area contributed by atoms with Gasteiger partial charge in [0.25, 0.3) is 0 Å². The van der Waals surface area contributed by atoms with E-state index < -0.39 is 0 Å². The minimum absolute atomic E-state index is 0.0814. The number of aryl methyl sites for hydroxylation is 2. The van der Waals surface area contributed by atoms with Crippen molar-refractivity contribution in [3.63, 3.8) is 0 Å². The predicted octanol–water partition coefficient (Wildman–Crippen LogP) is 2.53. The van der Waals surface area contributed by atoms with Crippen LogP contribution in [0.4, 0.5) is 0 Å². The molecule has 0 saturated carbocycles. The quantitative estimate of drug-likeness (QED) is 0.829. The zero-order valence-corrected chi connectivity index (χ0v) is 12.1. The summed E-state index contributed by atoms with van der Waals surface area (Å²) in [5.41, 5.74) is 2.42. The maximum absolute atomic E-state index is 9.46. The Kier molecular flexibility index (Phi) is 5.23. The lowest BCUT2D eigenvalue weighted by atomic mass is 10.1. The molecule has 106 valence electrons. The van der Waals surface area contributed by atoms with Crippen molar-refractivity contribution < 1.29 is 9.84 Å². The first kappa shape index (κ1) is 14.4. The van der Waals surface area contributed by atoms with Crippen LogP contribution in [-0.2, 0) is 0 Å². The minimum atomic E-state index is -0.0814. The van der Waals surface area contributed by atoms with Crippen molar-refractivity contribution in [2.75, 3.05) is 26.2 Å². The van der Waals surface area contributed by atoms with Crippen LogP contribution in [0.1, 0.15) is 30.4 Å². The molecule has 0 spiro atoms. The van der Waals surface area contributed by atoms with Gasteiger partial charge in [0.15, 0.2) is 0 Å². The van der Waals surface area contributed by atoms with Crippen LogP contribution in [0.3, 0.4) is 0 Å². The standard InChI is InChI=1S/C16H25NO2/c1-13-5-3-6-14(2)16(13)19-12-4-9-17-10-7-15(18)8-11-17/h3,5-6,15,18H,4,7-12H2,1-2H3. The number of hydrogen-bond acceptors (Lipinski definition) is 3. The van der Waals surface area contributed by atoms with E-state index in [0.29, 0.717) is 0 Å². The molecule has 1 aliphatic rings. The number of likely N-dealkylation sites (tertiary alicyclic amines) is 1. The van der Waals surface area contributed by atoms with Crippen molar-refractivity contribution in [2.24, 2.45) is 0 Å². The molecule has 0 radical (unpaired) electrons. The minimum Gasteiger partial charge on any atom is -0.493 e. The summed E-state index contributed by atoms with van der Waals surface area (Å²) in [5, 5.41) is 9.46. The summed E-state index contributed by atoms with van der Waals surface area (Å²) < 4.78 is 5.90. The number of ether oxygens (including phenoxy) is 1. The summed E-state index contributed by atoms with van der Waals surface area (Å²) >= 11 is 0. The van der Waals surface area contributed by atoms with Crippen molar-refractivity contribution in [3.8, 4) is 5.75 Å². The van der Waals surface area contributed by atoms with Crippen LogP contribution >= 0.6 is 0 Å². The van der Waals surface area contributed by atoms with E-state index in [2.05, 4.69) is 36.9 Å². The number of rotatable bonds is 5. The van der Waals surface area contributed by atoms with Gasteiger partial charge in [-0.25, -0.2) is 0 Å². The van der Waals surface area contributed by atoms with E-state index in [9.17, 15) is 5.11 Å². The number of piperidine rings is 1. The second kappa shape index (κ2) is 6.92. The zero-order valence-electron chi connectivity index (χ0n) is 12.1. The van der Waals surface area contributed by atoms with Gasteiger partial charge in [0, 0.05) is 19.6 Å². The molecule has 19 heavy (non-hydrogen) atoms. The van der Waals surface area contributed by atoms with Gasteiger partial charge in [0.05, 0.1) is 12.7 Å². The zero-order chi connectivity index (χ0) is 13.7. The van der Waals surface area contributed by atoms with E-state index >= 15 is 0 Å². The Bertz CT molecular complexity index is 377. The number of aliphatic hydroxyl groups excluding tert-OH is 1. The summed E-state index contributed by atoms with van der Waals surface area (Å²) in [6.07, 6.45) is 2.79. The molecule has 1 N–H and O–H groups in total. The van der Waals surface area contributed by atoms with Crippen molar-refractivity contribution >= 4 is 0 Å². The maximum Gasteiger partial charge on any atom is 0.125 e. The van der Waals surface area contributed by atoms with Gasteiger partial charge in [-0.3, -0.25) is 0 Å². The van der Waals surface area contributed by atoms with E-state index in [-0.39, 0.29) is 6.10 Å². The Morgan fingerprint density at radius 1 is 1.21 bits per heavy atom. The molecule has 0 aromatic heterocycles. The fraction of sp³-hybridized carbons (Fsp3) is 0.625. The first-order valence-corrected chi connectivity index (χ1v) is 7.26. The molecule has 1 aromatic carbocycles. The second-order valence-electron chi connectivity index (χ2n) is 5.50. The van der Waals surface area contributed by atoms with Gasteiger partial charge in [-0.05, 0) is 44.2 Å². The summed E-state index contributed by atoms with van der Waals surface area (Å²) in [5.74, 6) is 1.04. The van der Waals surface area contributed by atoms with Gasteiger partial charge < -0.3 is 14.7 Å². The SMILES string of the molecule is Cc1cccc(C)c1OCCCN1CCC(O)CC1. The first-order valence-electron chi connectivity index (χ1n) is 7.26.